The third-order valence-electron chi connectivity index (χ3n) is 4.10. The highest BCUT2D eigenvalue weighted by molar-refractivity contribution is 6.30. The number of para-hydroxylation sites is 1. The average Bonchev–Trinajstić information content (AvgIpc) is 2.68. The molecule has 0 aliphatic rings. The van der Waals surface area contributed by atoms with Crippen LogP contribution < -0.4 is 10.2 Å². The van der Waals surface area contributed by atoms with E-state index in [1.165, 1.54) is 0 Å². The normalized spacial score (nSPS) is 10.4. The van der Waals surface area contributed by atoms with Crippen molar-refractivity contribution in [3.63, 3.8) is 0 Å². The molecule has 132 valence electrons. The molecule has 3 aromatic rings. The minimum Gasteiger partial charge on any atom is -0.350 e. The zero-order chi connectivity index (χ0) is 18.4. The first-order valence-electron chi connectivity index (χ1n) is 8.41. The molecular formula is C21H20ClN3O. The second kappa shape index (κ2) is 8.50. The number of pyridine rings is 1. The Balaban J connectivity index is 1.57. The van der Waals surface area contributed by atoms with Crippen molar-refractivity contribution >= 4 is 28.9 Å². The van der Waals surface area contributed by atoms with Gasteiger partial charge in [-0.2, -0.15) is 0 Å². The minimum absolute atomic E-state index is 0.180. The molecule has 3 rings (SSSR count). The lowest BCUT2D eigenvalue weighted by atomic mass is 10.1. The fourth-order valence-corrected chi connectivity index (χ4v) is 2.84. The molecule has 4 nitrogen and oxygen atoms in total. The molecule has 0 saturated heterocycles. The Kier molecular flexibility index (Phi) is 5.87. The molecule has 0 aliphatic heterocycles. The van der Waals surface area contributed by atoms with Crippen LogP contribution in [0.2, 0.25) is 5.02 Å². The fraction of sp³-hybridized carbons (Fsp3) is 0.143. The molecule has 0 unspecified atom stereocenters. The lowest BCUT2D eigenvalue weighted by Gasteiger charge is -2.19. The summed E-state index contributed by atoms with van der Waals surface area (Å²) in [5.41, 5.74) is 3.48. The van der Waals surface area contributed by atoms with Gasteiger partial charge in [0.15, 0.2) is 0 Å². The summed E-state index contributed by atoms with van der Waals surface area (Å²) in [5.74, 6) is -0.180. The second-order valence-electron chi connectivity index (χ2n) is 5.93. The number of benzene rings is 2. The summed E-state index contributed by atoms with van der Waals surface area (Å²) in [5, 5.41) is 3.59. The zero-order valence-electron chi connectivity index (χ0n) is 14.5. The van der Waals surface area contributed by atoms with Gasteiger partial charge in [-0.3, -0.25) is 4.79 Å². The summed E-state index contributed by atoms with van der Waals surface area (Å²) >= 11 is 5.97. The van der Waals surface area contributed by atoms with Gasteiger partial charge in [0.1, 0.15) is 5.69 Å². The number of nitrogens with zero attached hydrogens (tertiary/aromatic N) is 2. The molecule has 5 heteroatoms. The maximum atomic E-state index is 12.2. The van der Waals surface area contributed by atoms with E-state index in [1.807, 2.05) is 72.6 Å². The van der Waals surface area contributed by atoms with Crippen molar-refractivity contribution in [2.24, 2.45) is 0 Å². The number of halogens is 1. The van der Waals surface area contributed by atoms with E-state index >= 15 is 0 Å². The van der Waals surface area contributed by atoms with Crippen LogP contribution in [0.4, 0.5) is 11.4 Å². The van der Waals surface area contributed by atoms with Crippen molar-refractivity contribution in [1.29, 1.82) is 0 Å². The van der Waals surface area contributed by atoms with Gasteiger partial charge in [-0.05, 0) is 48.4 Å². The van der Waals surface area contributed by atoms with Crippen molar-refractivity contribution in [2.75, 3.05) is 18.5 Å². The van der Waals surface area contributed by atoms with Crippen molar-refractivity contribution in [2.45, 2.75) is 6.42 Å². The van der Waals surface area contributed by atoms with Crippen molar-refractivity contribution in [3.8, 4) is 0 Å². The predicted molar refractivity (Wildman–Crippen MR) is 106 cm³/mol. The van der Waals surface area contributed by atoms with Gasteiger partial charge < -0.3 is 10.2 Å². The van der Waals surface area contributed by atoms with Gasteiger partial charge in [-0.1, -0.05) is 41.9 Å². The smallest absolute Gasteiger partial charge is 0.269 e. The number of carbonyl (C=O) groups is 1. The van der Waals surface area contributed by atoms with Crippen molar-refractivity contribution in [3.05, 3.63) is 89.2 Å². The third kappa shape index (κ3) is 4.61. The number of aromatic nitrogens is 1. The van der Waals surface area contributed by atoms with Gasteiger partial charge >= 0.3 is 0 Å². The van der Waals surface area contributed by atoms with Crippen LogP contribution in [0, 0.1) is 0 Å². The Labute approximate surface area is 158 Å². The largest absolute Gasteiger partial charge is 0.350 e. The second-order valence-corrected chi connectivity index (χ2v) is 6.37. The first-order chi connectivity index (χ1) is 12.6. The summed E-state index contributed by atoms with van der Waals surface area (Å²) in [6.07, 6.45) is 2.43. The maximum absolute atomic E-state index is 12.2. The molecule has 1 heterocycles. The third-order valence-corrected chi connectivity index (χ3v) is 4.33. The minimum atomic E-state index is -0.180. The van der Waals surface area contributed by atoms with Crippen LogP contribution in [0.1, 0.15) is 16.1 Å². The summed E-state index contributed by atoms with van der Waals surface area (Å²) in [6, 6.07) is 21.3. The van der Waals surface area contributed by atoms with E-state index < -0.39 is 0 Å². The summed E-state index contributed by atoms with van der Waals surface area (Å²) in [7, 11) is 1.97. The Hall–Kier alpha value is -2.85. The first kappa shape index (κ1) is 18.0. The molecule has 0 bridgehead atoms. The van der Waals surface area contributed by atoms with Crippen LogP contribution in [0.25, 0.3) is 0 Å². The Bertz CT molecular complexity index is 866. The van der Waals surface area contributed by atoms with Crippen LogP contribution in [0.3, 0.4) is 0 Å². The van der Waals surface area contributed by atoms with E-state index in [0.717, 1.165) is 23.4 Å². The van der Waals surface area contributed by atoms with Crippen LogP contribution >= 0.6 is 11.6 Å². The van der Waals surface area contributed by atoms with Crippen LogP contribution in [0.5, 0.6) is 0 Å². The highest BCUT2D eigenvalue weighted by Gasteiger charge is 2.09. The number of amides is 1. The van der Waals surface area contributed by atoms with E-state index in [1.54, 1.807) is 12.3 Å². The summed E-state index contributed by atoms with van der Waals surface area (Å²) in [4.78, 5) is 18.6. The number of carbonyl (C=O) groups excluding carboxylic acids is 1. The highest BCUT2D eigenvalue weighted by Crippen LogP contribution is 2.22. The van der Waals surface area contributed by atoms with Crippen LogP contribution in [-0.2, 0) is 6.42 Å². The molecule has 1 amide bonds. The van der Waals surface area contributed by atoms with Gasteiger partial charge in [-0.15, -0.1) is 0 Å². The molecule has 2 aromatic carbocycles. The van der Waals surface area contributed by atoms with Gasteiger partial charge in [0, 0.05) is 24.3 Å². The van der Waals surface area contributed by atoms with Gasteiger partial charge in [-0.25, -0.2) is 4.98 Å². The lowest BCUT2D eigenvalue weighted by molar-refractivity contribution is 0.0949. The van der Waals surface area contributed by atoms with E-state index in [0.29, 0.717) is 17.3 Å². The van der Waals surface area contributed by atoms with Crippen LogP contribution in [-0.4, -0.2) is 24.5 Å². The monoisotopic (exact) mass is 365 g/mol. The SMILES string of the molecule is CN(c1ccccc1)c1ccc(C(=O)NCCc2cccc(Cl)c2)nc1. The maximum Gasteiger partial charge on any atom is 0.269 e. The average molecular weight is 366 g/mol. The lowest BCUT2D eigenvalue weighted by Crippen LogP contribution is -2.26. The number of rotatable bonds is 6. The zero-order valence-corrected chi connectivity index (χ0v) is 15.3. The van der Waals surface area contributed by atoms with E-state index in [-0.39, 0.29) is 5.91 Å². The van der Waals surface area contributed by atoms with Gasteiger partial charge in [0.25, 0.3) is 5.91 Å². The Morgan fingerprint density at radius 3 is 2.54 bits per heavy atom. The highest BCUT2D eigenvalue weighted by atomic mass is 35.5. The molecule has 0 aliphatic carbocycles. The van der Waals surface area contributed by atoms with Crippen molar-refractivity contribution < 1.29 is 4.79 Å². The number of hydrogen-bond acceptors (Lipinski definition) is 3. The quantitative estimate of drug-likeness (QED) is 0.700. The molecule has 0 fully saturated rings. The van der Waals surface area contributed by atoms with Crippen LogP contribution in [0.15, 0.2) is 72.9 Å². The van der Waals surface area contributed by atoms with E-state index in [9.17, 15) is 4.79 Å². The van der Waals surface area contributed by atoms with E-state index in [2.05, 4.69) is 10.3 Å². The first-order valence-corrected chi connectivity index (χ1v) is 8.79. The molecule has 0 spiro atoms. The molecule has 0 saturated carbocycles. The predicted octanol–water partition coefficient (Wildman–Crippen LogP) is 4.48. The molecule has 0 radical (unpaired) electrons. The van der Waals surface area contributed by atoms with Gasteiger partial charge in [0.05, 0.1) is 11.9 Å². The van der Waals surface area contributed by atoms with Gasteiger partial charge in [0.2, 0.25) is 0 Å². The topological polar surface area (TPSA) is 45.2 Å². The standard InChI is InChI=1S/C21H20ClN3O/c1-25(18-8-3-2-4-9-18)19-10-11-20(24-15-19)21(26)23-13-12-16-6-5-7-17(22)14-16/h2-11,14-15H,12-13H2,1H3,(H,23,26). The molecular weight excluding hydrogens is 346 g/mol. The number of hydrogen-bond donors (Lipinski definition) is 1. The molecule has 26 heavy (non-hydrogen) atoms. The summed E-state index contributed by atoms with van der Waals surface area (Å²) in [6.45, 7) is 0.534. The molecule has 0 atom stereocenters. The number of nitrogens with one attached hydrogen (secondary N) is 1. The number of anilines is 2. The van der Waals surface area contributed by atoms with Crippen molar-refractivity contribution in [1.82, 2.24) is 10.3 Å². The fourth-order valence-electron chi connectivity index (χ4n) is 2.62. The Morgan fingerprint density at radius 1 is 1.04 bits per heavy atom. The Morgan fingerprint density at radius 2 is 1.85 bits per heavy atom. The summed E-state index contributed by atoms with van der Waals surface area (Å²) < 4.78 is 0. The molecule has 1 aromatic heterocycles. The molecule has 1 N–H and O–H groups in total. The van der Waals surface area contributed by atoms with E-state index in [4.69, 9.17) is 11.6 Å².